The molecule has 0 fully saturated rings. The van der Waals surface area contributed by atoms with Gasteiger partial charge in [0.2, 0.25) is 0 Å². The van der Waals surface area contributed by atoms with Gasteiger partial charge in [0, 0.05) is 25.5 Å². The van der Waals surface area contributed by atoms with Gasteiger partial charge < -0.3 is 15.5 Å². The molecular weight excluding hydrogens is 228 g/mol. The fourth-order valence-electron chi connectivity index (χ4n) is 2.12. The smallest absolute Gasteiger partial charge is 0.192 e. The summed E-state index contributed by atoms with van der Waals surface area (Å²) in [5.74, 6) is 0.588. The summed E-state index contributed by atoms with van der Waals surface area (Å²) in [5, 5.41) is 0. The molecule has 1 aliphatic rings. The van der Waals surface area contributed by atoms with E-state index in [0.29, 0.717) is 12.5 Å². The van der Waals surface area contributed by atoms with Crippen molar-refractivity contribution in [3.05, 3.63) is 24.3 Å². The van der Waals surface area contributed by atoms with Crippen molar-refractivity contribution in [3.8, 4) is 0 Å². The first-order valence-electron chi connectivity index (χ1n) is 6.03. The number of nitrogens with zero attached hydrogens (tertiary/aromatic N) is 5. The Morgan fingerprint density at radius 3 is 2.83 bits per heavy atom. The van der Waals surface area contributed by atoms with Crippen LogP contribution in [0.4, 0.5) is 0 Å². The molecule has 1 aliphatic heterocycles. The molecule has 98 valence electrons. The van der Waals surface area contributed by atoms with Gasteiger partial charge in [-0.15, -0.1) is 0 Å². The summed E-state index contributed by atoms with van der Waals surface area (Å²) in [6.07, 6.45) is 5.17. The van der Waals surface area contributed by atoms with Crippen molar-refractivity contribution in [1.82, 2.24) is 19.8 Å². The minimum atomic E-state index is -0.283. The topological polar surface area (TPSA) is 70.6 Å². The van der Waals surface area contributed by atoms with E-state index in [1.54, 1.807) is 18.6 Å². The SMILES string of the molecule is CN(C)CCN1C(N)=NCC1(C)c1cnccn1. The van der Waals surface area contributed by atoms with Gasteiger partial charge in [-0.3, -0.25) is 15.0 Å². The number of aromatic nitrogens is 2. The maximum Gasteiger partial charge on any atom is 0.192 e. The number of guanidine groups is 1. The largest absolute Gasteiger partial charge is 0.370 e. The van der Waals surface area contributed by atoms with Crippen LogP contribution in [0.25, 0.3) is 0 Å². The average Bonchev–Trinajstić information content (AvgIpc) is 2.65. The zero-order chi connectivity index (χ0) is 13.2. The van der Waals surface area contributed by atoms with Crippen molar-refractivity contribution in [3.63, 3.8) is 0 Å². The van der Waals surface area contributed by atoms with Gasteiger partial charge >= 0.3 is 0 Å². The quantitative estimate of drug-likeness (QED) is 0.804. The van der Waals surface area contributed by atoms with Crippen LogP contribution >= 0.6 is 0 Å². The molecule has 2 rings (SSSR count). The minimum Gasteiger partial charge on any atom is -0.370 e. The summed E-state index contributed by atoms with van der Waals surface area (Å²) in [4.78, 5) is 17.1. The van der Waals surface area contributed by atoms with E-state index in [1.807, 2.05) is 14.1 Å². The van der Waals surface area contributed by atoms with E-state index in [1.165, 1.54) is 0 Å². The Kier molecular flexibility index (Phi) is 3.47. The second-order valence-corrected chi connectivity index (χ2v) is 4.99. The Bertz CT molecular complexity index is 429. The molecule has 0 aliphatic carbocycles. The first-order valence-corrected chi connectivity index (χ1v) is 6.03. The number of aliphatic imine (C=N–C) groups is 1. The summed E-state index contributed by atoms with van der Waals surface area (Å²) in [7, 11) is 4.09. The van der Waals surface area contributed by atoms with Crippen molar-refractivity contribution >= 4 is 5.96 Å². The zero-order valence-corrected chi connectivity index (χ0v) is 11.2. The molecular formula is C12H20N6. The Hall–Kier alpha value is -1.69. The van der Waals surface area contributed by atoms with Crippen LogP contribution in [0.1, 0.15) is 12.6 Å². The van der Waals surface area contributed by atoms with Gasteiger partial charge in [-0.05, 0) is 21.0 Å². The molecule has 18 heavy (non-hydrogen) atoms. The van der Waals surface area contributed by atoms with E-state index >= 15 is 0 Å². The molecule has 1 aromatic heterocycles. The third kappa shape index (κ3) is 2.28. The second kappa shape index (κ2) is 4.89. The summed E-state index contributed by atoms with van der Waals surface area (Å²) < 4.78 is 0. The Labute approximate surface area is 108 Å². The first-order chi connectivity index (χ1) is 8.54. The third-order valence-corrected chi connectivity index (χ3v) is 3.31. The van der Waals surface area contributed by atoms with Gasteiger partial charge in [0.05, 0.1) is 18.4 Å². The van der Waals surface area contributed by atoms with Crippen molar-refractivity contribution in [1.29, 1.82) is 0 Å². The molecule has 1 unspecified atom stereocenters. The highest BCUT2D eigenvalue weighted by Crippen LogP contribution is 2.30. The molecule has 0 aromatic carbocycles. The summed E-state index contributed by atoms with van der Waals surface area (Å²) >= 11 is 0. The third-order valence-electron chi connectivity index (χ3n) is 3.31. The molecule has 2 N–H and O–H groups in total. The molecule has 0 saturated carbocycles. The van der Waals surface area contributed by atoms with Crippen LogP contribution in [-0.4, -0.2) is 59.5 Å². The van der Waals surface area contributed by atoms with E-state index in [-0.39, 0.29) is 5.54 Å². The van der Waals surface area contributed by atoms with Crippen LogP contribution in [0.5, 0.6) is 0 Å². The van der Waals surface area contributed by atoms with Crippen LogP contribution in [0.15, 0.2) is 23.6 Å². The predicted octanol–water partition coefficient (Wildman–Crippen LogP) is -0.116. The van der Waals surface area contributed by atoms with Crippen LogP contribution < -0.4 is 5.73 Å². The van der Waals surface area contributed by atoms with Crippen LogP contribution in [0.2, 0.25) is 0 Å². The Morgan fingerprint density at radius 2 is 2.22 bits per heavy atom. The molecule has 6 heteroatoms. The van der Waals surface area contributed by atoms with Crippen molar-refractivity contribution in [2.45, 2.75) is 12.5 Å². The van der Waals surface area contributed by atoms with Gasteiger partial charge in [0.25, 0.3) is 0 Å². The molecule has 1 atom stereocenters. The maximum atomic E-state index is 5.99. The lowest BCUT2D eigenvalue weighted by molar-refractivity contribution is 0.199. The Balaban J connectivity index is 2.21. The lowest BCUT2D eigenvalue weighted by Crippen LogP contribution is -2.50. The molecule has 2 heterocycles. The van der Waals surface area contributed by atoms with E-state index in [0.717, 1.165) is 18.8 Å². The highest BCUT2D eigenvalue weighted by Gasteiger charge is 2.40. The molecule has 0 bridgehead atoms. The van der Waals surface area contributed by atoms with Gasteiger partial charge in [0.1, 0.15) is 5.54 Å². The standard InChI is InChI=1S/C12H20N6/c1-12(10-8-14-4-5-15-10)9-16-11(13)18(12)7-6-17(2)3/h4-5,8H,6-7,9H2,1-3H3,(H2,13,16). The van der Waals surface area contributed by atoms with Crippen molar-refractivity contribution < 1.29 is 0 Å². The van der Waals surface area contributed by atoms with Gasteiger partial charge in [-0.25, -0.2) is 0 Å². The van der Waals surface area contributed by atoms with Gasteiger partial charge in [0.15, 0.2) is 5.96 Å². The van der Waals surface area contributed by atoms with Crippen LogP contribution in [0.3, 0.4) is 0 Å². The second-order valence-electron chi connectivity index (χ2n) is 4.99. The summed E-state index contributed by atoms with van der Waals surface area (Å²) in [6.45, 7) is 4.49. The number of nitrogens with two attached hydrogens (primary N) is 1. The fourth-order valence-corrected chi connectivity index (χ4v) is 2.12. The summed E-state index contributed by atoms with van der Waals surface area (Å²) in [5.41, 5.74) is 6.61. The number of rotatable bonds is 4. The molecule has 0 spiro atoms. The predicted molar refractivity (Wildman–Crippen MR) is 71.1 cm³/mol. The van der Waals surface area contributed by atoms with Crippen LogP contribution in [0, 0.1) is 0 Å². The number of hydrogen-bond acceptors (Lipinski definition) is 6. The van der Waals surface area contributed by atoms with Crippen molar-refractivity contribution in [2.75, 3.05) is 33.7 Å². The molecule has 0 radical (unpaired) electrons. The first kappa shape index (κ1) is 12.8. The molecule has 0 amide bonds. The summed E-state index contributed by atoms with van der Waals surface area (Å²) in [6, 6.07) is 0. The Morgan fingerprint density at radius 1 is 1.44 bits per heavy atom. The molecule has 6 nitrogen and oxygen atoms in total. The van der Waals surface area contributed by atoms with Crippen LogP contribution in [-0.2, 0) is 5.54 Å². The lowest BCUT2D eigenvalue weighted by atomic mass is 9.97. The molecule has 1 aromatic rings. The normalized spacial score (nSPS) is 23.6. The average molecular weight is 248 g/mol. The highest BCUT2D eigenvalue weighted by atomic mass is 15.4. The number of hydrogen-bond donors (Lipinski definition) is 1. The van der Waals surface area contributed by atoms with E-state index < -0.39 is 0 Å². The van der Waals surface area contributed by atoms with Gasteiger partial charge in [-0.1, -0.05) is 0 Å². The molecule has 0 saturated heterocycles. The fraction of sp³-hybridized carbons (Fsp3) is 0.583. The maximum absolute atomic E-state index is 5.99. The van der Waals surface area contributed by atoms with E-state index in [2.05, 4.69) is 31.7 Å². The minimum absolute atomic E-state index is 0.283. The zero-order valence-electron chi connectivity index (χ0n) is 11.2. The monoisotopic (exact) mass is 248 g/mol. The van der Waals surface area contributed by atoms with Crippen molar-refractivity contribution in [2.24, 2.45) is 10.7 Å². The van der Waals surface area contributed by atoms with E-state index in [4.69, 9.17) is 5.73 Å². The highest BCUT2D eigenvalue weighted by molar-refractivity contribution is 5.81. The lowest BCUT2D eigenvalue weighted by Gasteiger charge is -2.36. The number of likely N-dealkylation sites (N-methyl/N-ethyl adjacent to an activating group) is 1. The van der Waals surface area contributed by atoms with Gasteiger partial charge in [-0.2, -0.15) is 0 Å². The van der Waals surface area contributed by atoms with E-state index in [9.17, 15) is 0 Å².